The van der Waals surface area contributed by atoms with Crippen molar-refractivity contribution in [2.75, 3.05) is 0 Å². The largest absolute Gasteiger partial charge is 0.464 e. The van der Waals surface area contributed by atoms with Crippen molar-refractivity contribution in [2.45, 2.75) is 51.2 Å². The lowest BCUT2D eigenvalue weighted by molar-refractivity contribution is 0.341. The SMILES string of the molecule is CC1CC1c1ccc(CNC2CCc3ncnn3C2)o1. The number of hydrogen-bond donors (Lipinski definition) is 1. The molecule has 3 heterocycles. The molecule has 5 heteroatoms. The van der Waals surface area contributed by atoms with Crippen LogP contribution in [0.5, 0.6) is 0 Å². The van der Waals surface area contributed by atoms with E-state index in [1.165, 1.54) is 6.42 Å². The maximum absolute atomic E-state index is 5.93. The number of aromatic nitrogens is 3. The summed E-state index contributed by atoms with van der Waals surface area (Å²) in [6, 6.07) is 4.70. The van der Waals surface area contributed by atoms with E-state index in [9.17, 15) is 0 Å². The molecular formula is C15H20N4O. The summed E-state index contributed by atoms with van der Waals surface area (Å²) in [6.07, 6.45) is 5.04. The van der Waals surface area contributed by atoms with Crippen molar-refractivity contribution < 1.29 is 4.42 Å². The van der Waals surface area contributed by atoms with Crippen molar-refractivity contribution in [1.82, 2.24) is 20.1 Å². The van der Waals surface area contributed by atoms with Crippen LogP contribution in [0.2, 0.25) is 0 Å². The number of rotatable bonds is 4. The third kappa shape index (κ3) is 2.26. The third-order valence-corrected chi connectivity index (χ3v) is 4.53. The van der Waals surface area contributed by atoms with Gasteiger partial charge < -0.3 is 9.73 Å². The topological polar surface area (TPSA) is 55.9 Å². The summed E-state index contributed by atoms with van der Waals surface area (Å²) in [6.45, 7) is 3.99. The van der Waals surface area contributed by atoms with Gasteiger partial charge in [-0.2, -0.15) is 5.10 Å². The second kappa shape index (κ2) is 4.74. The summed E-state index contributed by atoms with van der Waals surface area (Å²) in [5.41, 5.74) is 0. The Morgan fingerprint density at radius 2 is 2.35 bits per heavy atom. The van der Waals surface area contributed by atoms with E-state index in [2.05, 4.69) is 34.5 Å². The van der Waals surface area contributed by atoms with Crippen LogP contribution in [0.4, 0.5) is 0 Å². The standard InChI is InChI=1S/C15H20N4O/c1-10-6-13(10)14-4-3-12(20-14)7-16-11-2-5-15-17-9-18-19(15)8-11/h3-4,9-11,13,16H,2,5-8H2,1H3. The molecule has 4 rings (SSSR count). The zero-order chi connectivity index (χ0) is 13.5. The average molecular weight is 272 g/mol. The first kappa shape index (κ1) is 12.1. The Morgan fingerprint density at radius 1 is 1.45 bits per heavy atom. The Bertz CT molecular complexity index is 603. The molecular weight excluding hydrogens is 252 g/mol. The van der Waals surface area contributed by atoms with Crippen molar-refractivity contribution >= 4 is 0 Å². The highest BCUT2D eigenvalue weighted by molar-refractivity contribution is 5.17. The summed E-state index contributed by atoms with van der Waals surface area (Å²) in [7, 11) is 0. The molecule has 1 aliphatic heterocycles. The van der Waals surface area contributed by atoms with Gasteiger partial charge in [0, 0.05) is 18.4 Å². The minimum atomic E-state index is 0.456. The Labute approximate surface area is 118 Å². The van der Waals surface area contributed by atoms with Gasteiger partial charge in [-0.3, -0.25) is 0 Å². The molecule has 1 aliphatic carbocycles. The van der Waals surface area contributed by atoms with E-state index in [4.69, 9.17) is 4.42 Å². The fraction of sp³-hybridized carbons (Fsp3) is 0.600. The van der Waals surface area contributed by atoms with Gasteiger partial charge in [-0.25, -0.2) is 9.67 Å². The molecule has 1 saturated carbocycles. The van der Waals surface area contributed by atoms with Crippen LogP contribution in [0.1, 0.15) is 43.0 Å². The van der Waals surface area contributed by atoms with Crippen LogP contribution in [0.25, 0.3) is 0 Å². The fourth-order valence-corrected chi connectivity index (χ4v) is 3.06. The zero-order valence-electron chi connectivity index (χ0n) is 11.7. The quantitative estimate of drug-likeness (QED) is 0.926. The summed E-state index contributed by atoms with van der Waals surface area (Å²) in [4.78, 5) is 4.25. The van der Waals surface area contributed by atoms with E-state index in [-0.39, 0.29) is 0 Å². The van der Waals surface area contributed by atoms with Crippen molar-refractivity contribution in [1.29, 1.82) is 0 Å². The highest BCUT2D eigenvalue weighted by Crippen LogP contribution is 2.47. The molecule has 2 aliphatic rings. The number of nitrogens with zero attached hydrogens (tertiary/aromatic N) is 3. The molecule has 20 heavy (non-hydrogen) atoms. The molecule has 106 valence electrons. The highest BCUT2D eigenvalue weighted by Gasteiger charge is 2.36. The predicted octanol–water partition coefficient (Wildman–Crippen LogP) is 2.10. The van der Waals surface area contributed by atoms with Crippen LogP contribution in [-0.4, -0.2) is 20.8 Å². The molecule has 5 nitrogen and oxygen atoms in total. The number of fused-ring (bicyclic) bond motifs is 1. The normalized spacial score (nSPS) is 28.4. The van der Waals surface area contributed by atoms with Crippen molar-refractivity contribution in [3.63, 3.8) is 0 Å². The Balaban J connectivity index is 1.33. The maximum Gasteiger partial charge on any atom is 0.138 e. The molecule has 0 aromatic carbocycles. The van der Waals surface area contributed by atoms with E-state index in [1.54, 1.807) is 6.33 Å². The van der Waals surface area contributed by atoms with Crippen LogP contribution in [0.3, 0.4) is 0 Å². The minimum Gasteiger partial charge on any atom is -0.464 e. The smallest absolute Gasteiger partial charge is 0.138 e. The molecule has 1 fully saturated rings. The highest BCUT2D eigenvalue weighted by atomic mass is 16.3. The third-order valence-electron chi connectivity index (χ3n) is 4.53. The molecule has 2 aromatic heterocycles. The van der Waals surface area contributed by atoms with Gasteiger partial charge in [-0.05, 0) is 30.9 Å². The lowest BCUT2D eigenvalue weighted by atomic mass is 10.1. The Kier molecular flexibility index (Phi) is 2.88. The molecule has 0 spiro atoms. The lowest BCUT2D eigenvalue weighted by Gasteiger charge is -2.23. The molecule has 0 radical (unpaired) electrons. The van der Waals surface area contributed by atoms with Gasteiger partial charge in [-0.1, -0.05) is 6.92 Å². The molecule has 0 saturated heterocycles. The van der Waals surface area contributed by atoms with Crippen LogP contribution >= 0.6 is 0 Å². The fourth-order valence-electron chi connectivity index (χ4n) is 3.06. The number of nitrogens with one attached hydrogen (secondary N) is 1. The molecule has 1 N–H and O–H groups in total. The van der Waals surface area contributed by atoms with Gasteiger partial charge in [0.15, 0.2) is 0 Å². The van der Waals surface area contributed by atoms with E-state index in [1.807, 2.05) is 4.68 Å². The van der Waals surface area contributed by atoms with E-state index >= 15 is 0 Å². The predicted molar refractivity (Wildman–Crippen MR) is 74.2 cm³/mol. The van der Waals surface area contributed by atoms with Gasteiger partial charge in [0.2, 0.25) is 0 Å². The summed E-state index contributed by atoms with van der Waals surface area (Å²) < 4.78 is 7.93. The van der Waals surface area contributed by atoms with Gasteiger partial charge in [0.25, 0.3) is 0 Å². The monoisotopic (exact) mass is 272 g/mol. The van der Waals surface area contributed by atoms with Crippen molar-refractivity contribution in [2.24, 2.45) is 5.92 Å². The molecule has 3 unspecified atom stereocenters. The van der Waals surface area contributed by atoms with Crippen LogP contribution < -0.4 is 5.32 Å². The number of furan rings is 1. The number of aryl methyl sites for hydroxylation is 1. The molecule has 0 bridgehead atoms. The Hall–Kier alpha value is -1.62. The van der Waals surface area contributed by atoms with Crippen LogP contribution in [0.15, 0.2) is 22.9 Å². The molecule has 3 atom stereocenters. The van der Waals surface area contributed by atoms with Gasteiger partial charge in [-0.15, -0.1) is 0 Å². The zero-order valence-corrected chi connectivity index (χ0v) is 11.7. The van der Waals surface area contributed by atoms with Crippen LogP contribution in [0, 0.1) is 5.92 Å². The Morgan fingerprint density at radius 3 is 3.20 bits per heavy atom. The van der Waals surface area contributed by atoms with Crippen LogP contribution in [-0.2, 0) is 19.5 Å². The van der Waals surface area contributed by atoms with Crippen molar-refractivity contribution in [3.8, 4) is 0 Å². The summed E-state index contributed by atoms with van der Waals surface area (Å²) in [5.74, 6) is 4.77. The minimum absolute atomic E-state index is 0.456. The first-order valence-corrected chi connectivity index (χ1v) is 7.48. The molecule has 0 amide bonds. The first-order chi connectivity index (χ1) is 9.79. The lowest BCUT2D eigenvalue weighted by Crippen LogP contribution is -2.37. The first-order valence-electron chi connectivity index (χ1n) is 7.48. The summed E-state index contributed by atoms with van der Waals surface area (Å²) in [5, 5.41) is 7.82. The van der Waals surface area contributed by atoms with Gasteiger partial charge in [0.1, 0.15) is 23.7 Å². The van der Waals surface area contributed by atoms with E-state index < -0.39 is 0 Å². The molecule has 2 aromatic rings. The summed E-state index contributed by atoms with van der Waals surface area (Å²) >= 11 is 0. The second-order valence-electron chi connectivity index (χ2n) is 6.10. The van der Waals surface area contributed by atoms with Gasteiger partial charge in [0.05, 0.1) is 13.1 Å². The van der Waals surface area contributed by atoms with E-state index in [0.29, 0.717) is 12.0 Å². The van der Waals surface area contributed by atoms with Crippen molar-refractivity contribution in [3.05, 3.63) is 35.8 Å². The second-order valence-corrected chi connectivity index (χ2v) is 6.10. The number of hydrogen-bond acceptors (Lipinski definition) is 4. The average Bonchev–Trinajstić information content (AvgIpc) is 2.91. The van der Waals surface area contributed by atoms with Gasteiger partial charge >= 0.3 is 0 Å². The van der Waals surface area contributed by atoms with E-state index in [0.717, 1.165) is 49.2 Å². The maximum atomic E-state index is 5.93.